The summed E-state index contributed by atoms with van der Waals surface area (Å²) in [5.74, 6) is 0. The predicted molar refractivity (Wildman–Crippen MR) is 74.4 cm³/mol. The number of amides is 2. The van der Waals surface area contributed by atoms with Crippen LogP contribution in [0.1, 0.15) is 20.3 Å². The Labute approximate surface area is 116 Å². The summed E-state index contributed by atoms with van der Waals surface area (Å²) in [6.07, 6.45) is 0.547. The first kappa shape index (κ1) is 15.1. The number of hydrogen-bond donors (Lipinski definition) is 3. The van der Waals surface area contributed by atoms with Crippen LogP contribution in [0.25, 0.3) is 0 Å². The van der Waals surface area contributed by atoms with Crippen molar-refractivity contribution in [2.75, 3.05) is 11.9 Å². The summed E-state index contributed by atoms with van der Waals surface area (Å²) in [4.78, 5) is 11.6. The highest BCUT2D eigenvalue weighted by molar-refractivity contribution is 6.35. The lowest BCUT2D eigenvalue weighted by molar-refractivity contribution is 0.0587. The number of aliphatic hydroxyl groups is 1. The van der Waals surface area contributed by atoms with E-state index in [1.807, 2.05) is 6.92 Å². The van der Waals surface area contributed by atoms with Gasteiger partial charge in [-0.25, -0.2) is 4.79 Å². The minimum Gasteiger partial charge on any atom is -0.388 e. The van der Waals surface area contributed by atoms with Gasteiger partial charge in [0.25, 0.3) is 0 Å². The molecule has 0 saturated carbocycles. The van der Waals surface area contributed by atoms with Gasteiger partial charge in [0.05, 0.1) is 16.3 Å². The number of nitrogens with one attached hydrogen (secondary N) is 2. The Bertz CT molecular complexity index is 436. The van der Waals surface area contributed by atoms with Crippen molar-refractivity contribution in [1.29, 1.82) is 0 Å². The number of halogens is 2. The Morgan fingerprint density at radius 2 is 2.11 bits per heavy atom. The Balaban J connectivity index is 2.57. The number of anilines is 1. The van der Waals surface area contributed by atoms with E-state index in [1.54, 1.807) is 25.1 Å². The first-order chi connectivity index (χ1) is 8.34. The van der Waals surface area contributed by atoms with Crippen LogP contribution in [0.3, 0.4) is 0 Å². The van der Waals surface area contributed by atoms with Gasteiger partial charge >= 0.3 is 6.03 Å². The molecule has 1 aromatic carbocycles. The third-order valence-electron chi connectivity index (χ3n) is 2.57. The Morgan fingerprint density at radius 3 is 2.72 bits per heavy atom. The second kappa shape index (κ2) is 6.27. The van der Waals surface area contributed by atoms with Crippen molar-refractivity contribution < 1.29 is 9.90 Å². The monoisotopic (exact) mass is 290 g/mol. The van der Waals surface area contributed by atoms with Gasteiger partial charge in [-0.1, -0.05) is 30.1 Å². The largest absolute Gasteiger partial charge is 0.388 e. The lowest BCUT2D eigenvalue weighted by atomic mass is 10.0. The summed E-state index contributed by atoms with van der Waals surface area (Å²) >= 11 is 11.7. The van der Waals surface area contributed by atoms with Gasteiger partial charge in [0.2, 0.25) is 0 Å². The SMILES string of the molecule is CCC(C)(O)CNC(=O)Nc1cc(Cl)ccc1Cl. The van der Waals surface area contributed by atoms with Crippen molar-refractivity contribution in [2.45, 2.75) is 25.9 Å². The van der Waals surface area contributed by atoms with Gasteiger partial charge in [-0.2, -0.15) is 0 Å². The molecule has 0 fully saturated rings. The van der Waals surface area contributed by atoms with Gasteiger partial charge in [0, 0.05) is 11.6 Å². The zero-order chi connectivity index (χ0) is 13.8. The third-order valence-corrected chi connectivity index (χ3v) is 3.13. The van der Waals surface area contributed by atoms with Crippen molar-refractivity contribution in [1.82, 2.24) is 5.32 Å². The summed E-state index contributed by atoms with van der Waals surface area (Å²) < 4.78 is 0. The molecule has 0 aliphatic heterocycles. The molecule has 1 atom stereocenters. The zero-order valence-electron chi connectivity index (χ0n) is 10.3. The van der Waals surface area contributed by atoms with E-state index in [1.165, 1.54) is 0 Å². The number of hydrogen-bond acceptors (Lipinski definition) is 2. The summed E-state index contributed by atoms with van der Waals surface area (Å²) in [6.45, 7) is 3.65. The molecule has 4 nitrogen and oxygen atoms in total. The minimum absolute atomic E-state index is 0.160. The van der Waals surface area contributed by atoms with E-state index in [4.69, 9.17) is 23.2 Å². The number of carbonyl (C=O) groups is 1. The highest BCUT2D eigenvalue weighted by Crippen LogP contribution is 2.25. The Morgan fingerprint density at radius 1 is 1.44 bits per heavy atom. The van der Waals surface area contributed by atoms with Crippen LogP contribution in [0, 0.1) is 0 Å². The molecule has 3 N–H and O–H groups in total. The second-order valence-electron chi connectivity index (χ2n) is 4.28. The van der Waals surface area contributed by atoms with E-state index < -0.39 is 11.6 Å². The van der Waals surface area contributed by atoms with Crippen molar-refractivity contribution in [3.63, 3.8) is 0 Å². The zero-order valence-corrected chi connectivity index (χ0v) is 11.8. The van der Waals surface area contributed by atoms with Gasteiger partial charge in [-0.15, -0.1) is 0 Å². The van der Waals surface area contributed by atoms with Crippen LogP contribution in [-0.4, -0.2) is 23.3 Å². The fourth-order valence-corrected chi connectivity index (χ4v) is 1.49. The van der Waals surface area contributed by atoms with Gasteiger partial charge < -0.3 is 15.7 Å². The number of urea groups is 1. The van der Waals surface area contributed by atoms with Crippen molar-refractivity contribution in [2.24, 2.45) is 0 Å². The number of carbonyl (C=O) groups excluding carboxylic acids is 1. The van der Waals surface area contributed by atoms with Crippen molar-refractivity contribution in [3.05, 3.63) is 28.2 Å². The van der Waals surface area contributed by atoms with Crippen LogP contribution in [0.2, 0.25) is 10.0 Å². The molecule has 1 aromatic rings. The van der Waals surface area contributed by atoms with Crippen LogP contribution < -0.4 is 10.6 Å². The molecule has 18 heavy (non-hydrogen) atoms. The van der Waals surface area contributed by atoms with Gasteiger partial charge in [0.1, 0.15) is 0 Å². The topological polar surface area (TPSA) is 61.4 Å². The minimum atomic E-state index is -0.921. The van der Waals surface area contributed by atoms with E-state index in [9.17, 15) is 9.90 Å². The van der Waals surface area contributed by atoms with Crippen molar-refractivity contribution in [3.8, 4) is 0 Å². The Hall–Kier alpha value is -0.970. The highest BCUT2D eigenvalue weighted by atomic mass is 35.5. The maximum atomic E-state index is 11.6. The lowest BCUT2D eigenvalue weighted by Gasteiger charge is -2.21. The summed E-state index contributed by atoms with van der Waals surface area (Å²) in [6, 6.07) is 4.35. The fraction of sp³-hybridized carbons (Fsp3) is 0.417. The van der Waals surface area contributed by atoms with Gasteiger partial charge in [-0.05, 0) is 31.5 Å². The van der Waals surface area contributed by atoms with Crippen LogP contribution in [0.4, 0.5) is 10.5 Å². The quantitative estimate of drug-likeness (QED) is 0.797. The van der Waals surface area contributed by atoms with E-state index in [2.05, 4.69) is 10.6 Å². The van der Waals surface area contributed by atoms with E-state index in [-0.39, 0.29) is 6.54 Å². The van der Waals surface area contributed by atoms with Gasteiger partial charge in [-0.3, -0.25) is 0 Å². The molecule has 1 rings (SSSR count). The molecule has 0 aliphatic carbocycles. The molecule has 0 spiro atoms. The van der Waals surface area contributed by atoms with Crippen molar-refractivity contribution >= 4 is 34.9 Å². The molecule has 1 unspecified atom stereocenters. The normalized spacial score (nSPS) is 13.8. The van der Waals surface area contributed by atoms with Crippen LogP contribution in [-0.2, 0) is 0 Å². The second-order valence-corrected chi connectivity index (χ2v) is 5.13. The average molecular weight is 291 g/mol. The third kappa shape index (κ3) is 4.72. The summed E-state index contributed by atoms with van der Waals surface area (Å²) in [5, 5.41) is 15.8. The number of rotatable bonds is 4. The molecule has 0 aliphatic rings. The molecule has 0 heterocycles. The van der Waals surface area contributed by atoms with Crippen LogP contribution >= 0.6 is 23.2 Å². The predicted octanol–water partition coefficient (Wildman–Crippen LogP) is 3.28. The first-order valence-corrected chi connectivity index (χ1v) is 6.32. The summed E-state index contributed by atoms with van der Waals surface area (Å²) in [7, 11) is 0. The molecule has 0 aromatic heterocycles. The molecular formula is C12H16Cl2N2O2. The maximum absolute atomic E-state index is 11.6. The molecule has 100 valence electrons. The molecule has 0 radical (unpaired) electrons. The molecule has 6 heteroatoms. The molecule has 0 saturated heterocycles. The molecule has 2 amide bonds. The fourth-order valence-electron chi connectivity index (χ4n) is 1.16. The maximum Gasteiger partial charge on any atom is 0.319 e. The number of benzene rings is 1. The Kier molecular flexibility index (Phi) is 5.26. The van der Waals surface area contributed by atoms with Gasteiger partial charge in [0.15, 0.2) is 0 Å². The standard InChI is InChI=1S/C12H16Cl2N2O2/c1-3-12(2,18)7-15-11(17)16-10-6-8(13)4-5-9(10)14/h4-6,18H,3,7H2,1-2H3,(H2,15,16,17). The van der Waals surface area contributed by atoms with E-state index >= 15 is 0 Å². The van der Waals surface area contributed by atoms with Crippen LogP contribution in [0.5, 0.6) is 0 Å². The highest BCUT2D eigenvalue weighted by Gasteiger charge is 2.18. The van der Waals surface area contributed by atoms with E-state index in [0.29, 0.717) is 22.2 Å². The summed E-state index contributed by atoms with van der Waals surface area (Å²) in [5.41, 5.74) is -0.493. The van der Waals surface area contributed by atoms with Crippen LogP contribution in [0.15, 0.2) is 18.2 Å². The average Bonchev–Trinajstić information content (AvgIpc) is 2.31. The first-order valence-electron chi connectivity index (χ1n) is 5.56. The molecular weight excluding hydrogens is 275 g/mol. The molecule has 0 bridgehead atoms. The lowest BCUT2D eigenvalue weighted by Crippen LogP contribution is -2.41. The smallest absolute Gasteiger partial charge is 0.319 e. The van der Waals surface area contributed by atoms with E-state index in [0.717, 1.165) is 0 Å².